The Morgan fingerprint density at radius 3 is 1.60 bits per heavy atom. The summed E-state index contributed by atoms with van der Waals surface area (Å²) in [5.41, 5.74) is 12.1. The van der Waals surface area contributed by atoms with Crippen LogP contribution in [0.5, 0.6) is 0 Å². The second kappa shape index (κ2) is 10.3. The van der Waals surface area contributed by atoms with Crippen molar-refractivity contribution in [3.05, 3.63) is 170 Å². The standard InChI is InChI=1S/C44H28N2S/c1-3-13-29(14-4-1)31-25-32(30-15-5-2-6-16-30)27-34(26-31)45-39-20-10-7-17-35(39)38-28-33(23-24-41(38)45)46-40-21-11-8-18-36(40)44-43(46)37-19-9-12-22-42(37)47-44/h1-28H. The fraction of sp³-hybridized carbons (Fsp3) is 0. The van der Waals surface area contributed by atoms with Crippen LogP contribution in [0.3, 0.4) is 0 Å². The van der Waals surface area contributed by atoms with Gasteiger partial charge in [-0.1, -0.05) is 115 Å². The van der Waals surface area contributed by atoms with Crippen molar-refractivity contribution < 1.29 is 0 Å². The SMILES string of the molecule is c1ccc(-c2cc(-c3ccccc3)cc(-n3c4ccccc4c4cc(-n5c6ccccc6c6sc7ccccc7c65)ccc43)c2)cc1. The number of thiophene rings is 1. The smallest absolute Gasteiger partial charge is 0.0727 e. The number of fused-ring (bicyclic) bond motifs is 8. The van der Waals surface area contributed by atoms with Crippen LogP contribution in [-0.4, -0.2) is 9.13 Å². The van der Waals surface area contributed by atoms with Crippen LogP contribution in [0.1, 0.15) is 0 Å². The van der Waals surface area contributed by atoms with Gasteiger partial charge in [0.25, 0.3) is 0 Å². The van der Waals surface area contributed by atoms with Gasteiger partial charge in [0.15, 0.2) is 0 Å². The molecule has 0 bridgehead atoms. The zero-order valence-electron chi connectivity index (χ0n) is 25.5. The summed E-state index contributed by atoms with van der Waals surface area (Å²) >= 11 is 1.89. The Morgan fingerprint density at radius 1 is 0.340 bits per heavy atom. The van der Waals surface area contributed by atoms with E-state index < -0.39 is 0 Å². The van der Waals surface area contributed by atoms with Gasteiger partial charge in [0.2, 0.25) is 0 Å². The molecule has 3 aromatic heterocycles. The average Bonchev–Trinajstić information content (AvgIpc) is 3.79. The van der Waals surface area contributed by atoms with Gasteiger partial charge in [-0.15, -0.1) is 11.3 Å². The first-order valence-electron chi connectivity index (χ1n) is 16.0. The van der Waals surface area contributed by atoms with Gasteiger partial charge in [-0.2, -0.15) is 0 Å². The lowest BCUT2D eigenvalue weighted by Gasteiger charge is -2.14. The highest BCUT2D eigenvalue weighted by Gasteiger charge is 2.20. The summed E-state index contributed by atoms with van der Waals surface area (Å²) in [5.74, 6) is 0. The number of para-hydroxylation sites is 2. The van der Waals surface area contributed by atoms with E-state index in [4.69, 9.17) is 0 Å². The Balaban J connectivity index is 1.26. The molecule has 2 nitrogen and oxygen atoms in total. The molecular weight excluding hydrogens is 589 g/mol. The molecule has 10 rings (SSSR count). The molecule has 0 saturated heterocycles. The predicted molar refractivity (Wildman–Crippen MR) is 201 cm³/mol. The quantitative estimate of drug-likeness (QED) is 0.186. The predicted octanol–water partition coefficient (Wildman–Crippen LogP) is 12.4. The van der Waals surface area contributed by atoms with Crippen molar-refractivity contribution in [3.63, 3.8) is 0 Å². The van der Waals surface area contributed by atoms with Crippen LogP contribution in [-0.2, 0) is 0 Å². The molecule has 0 aliphatic carbocycles. The number of aromatic nitrogens is 2. The van der Waals surface area contributed by atoms with Gasteiger partial charge in [0.1, 0.15) is 0 Å². The highest BCUT2D eigenvalue weighted by atomic mass is 32.1. The van der Waals surface area contributed by atoms with Gasteiger partial charge in [-0.3, -0.25) is 0 Å². The third-order valence-corrected chi connectivity index (χ3v) is 10.7. The minimum Gasteiger partial charge on any atom is -0.309 e. The molecule has 10 aromatic rings. The molecule has 0 unspecified atom stereocenters. The summed E-state index contributed by atoms with van der Waals surface area (Å²) in [6.45, 7) is 0. The molecule has 0 spiro atoms. The molecule has 0 fully saturated rings. The number of benzene rings is 7. The number of nitrogens with zero attached hydrogens (tertiary/aromatic N) is 2. The maximum atomic E-state index is 2.47. The van der Waals surface area contributed by atoms with Gasteiger partial charge in [-0.05, 0) is 76.9 Å². The maximum absolute atomic E-state index is 2.47. The van der Waals surface area contributed by atoms with Crippen molar-refractivity contribution in [1.82, 2.24) is 9.13 Å². The average molecular weight is 617 g/mol. The van der Waals surface area contributed by atoms with Crippen LogP contribution >= 0.6 is 11.3 Å². The minimum absolute atomic E-state index is 1.15. The number of hydrogen-bond acceptors (Lipinski definition) is 1. The Kier molecular flexibility index (Phi) is 5.78. The van der Waals surface area contributed by atoms with Crippen LogP contribution in [0, 0.1) is 0 Å². The zero-order valence-corrected chi connectivity index (χ0v) is 26.3. The van der Waals surface area contributed by atoms with Gasteiger partial charge >= 0.3 is 0 Å². The molecule has 0 saturated carbocycles. The Labute approximate surface area is 276 Å². The second-order valence-corrected chi connectivity index (χ2v) is 13.2. The van der Waals surface area contributed by atoms with Gasteiger partial charge < -0.3 is 9.13 Å². The van der Waals surface area contributed by atoms with E-state index in [9.17, 15) is 0 Å². The van der Waals surface area contributed by atoms with Gasteiger partial charge in [-0.25, -0.2) is 0 Å². The topological polar surface area (TPSA) is 9.86 Å². The molecule has 47 heavy (non-hydrogen) atoms. The van der Waals surface area contributed by atoms with Crippen molar-refractivity contribution in [2.24, 2.45) is 0 Å². The van der Waals surface area contributed by atoms with Gasteiger partial charge in [0.05, 0.1) is 26.8 Å². The Morgan fingerprint density at radius 2 is 0.894 bits per heavy atom. The number of rotatable bonds is 4. The lowest BCUT2D eigenvalue weighted by molar-refractivity contribution is 1.17. The summed E-state index contributed by atoms with van der Waals surface area (Å²) < 4.78 is 7.58. The summed E-state index contributed by atoms with van der Waals surface area (Å²) in [5, 5.41) is 5.10. The monoisotopic (exact) mass is 616 g/mol. The highest BCUT2D eigenvalue weighted by molar-refractivity contribution is 7.26. The largest absolute Gasteiger partial charge is 0.309 e. The van der Waals surface area contributed by atoms with Crippen molar-refractivity contribution in [2.45, 2.75) is 0 Å². The van der Waals surface area contributed by atoms with Crippen LogP contribution in [0.4, 0.5) is 0 Å². The normalized spacial score (nSPS) is 11.8. The molecular formula is C44H28N2S. The molecule has 0 N–H and O–H groups in total. The Bertz CT molecular complexity index is 2720. The van der Waals surface area contributed by atoms with Crippen LogP contribution in [0.15, 0.2) is 170 Å². The van der Waals surface area contributed by atoms with Crippen molar-refractivity contribution in [3.8, 4) is 33.6 Å². The molecule has 0 aliphatic heterocycles. The third-order valence-electron chi connectivity index (χ3n) is 9.49. The fourth-order valence-electron chi connectivity index (χ4n) is 7.40. The van der Waals surface area contributed by atoms with E-state index >= 15 is 0 Å². The zero-order chi connectivity index (χ0) is 30.9. The minimum atomic E-state index is 1.15. The second-order valence-electron chi connectivity index (χ2n) is 12.2. The van der Waals surface area contributed by atoms with E-state index in [2.05, 4.69) is 179 Å². The molecule has 0 atom stereocenters. The first-order valence-corrected chi connectivity index (χ1v) is 16.8. The summed E-state index contributed by atoms with van der Waals surface area (Å²) in [4.78, 5) is 0. The molecule has 3 heterocycles. The molecule has 220 valence electrons. The lowest BCUT2D eigenvalue weighted by atomic mass is 9.98. The van der Waals surface area contributed by atoms with E-state index in [-0.39, 0.29) is 0 Å². The summed E-state index contributed by atoms with van der Waals surface area (Å²) in [6, 6.07) is 61.8. The number of hydrogen-bond donors (Lipinski definition) is 0. The van der Waals surface area contributed by atoms with Gasteiger partial charge in [0, 0.05) is 37.6 Å². The molecule has 0 aliphatic rings. The van der Waals surface area contributed by atoms with E-state index in [1.165, 1.54) is 81.0 Å². The van der Waals surface area contributed by atoms with E-state index in [1.54, 1.807) is 0 Å². The lowest BCUT2D eigenvalue weighted by Crippen LogP contribution is -1.97. The van der Waals surface area contributed by atoms with E-state index in [1.807, 2.05) is 11.3 Å². The summed E-state index contributed by atoms with van der Waals surface area (Å²) in [7, 11) is 0. The van der Waals surface area contributed by atoms with Crippen molar-refractivity contribution in [1.29, 1.82) is 0 Å². The van der Waals surface area contributed by atoms with Crippen molar-refractivity contribution >= 4 is 64.3 Å². The fourth-order valence-corrected chi connectivity index (χ4v) is 8.62. The van der Waals surface area contributed by atoms with E-state index in [0.29, 0.717) is 0 Å². The van der Waals surface area contributed by atoms with Crippen molar-refractivity contribution in [2.75, 3.05) is 0 Å². The maximum Gasteiger partial charge on any atom is 0.0727 e. The third kappa shape index (κ3) is 4.04. The van der Waals surface area contributed by atoms with Crippen LogP contribution in [0.2, 0.25) is 0 Å². The summed E-state index contributed by atoms with van der Waals surface area (Å²) in [6.07, 6.45) is 0. The van der Waals surface area contributed by atoms with Crippen LogP contribution in [0.25, 0.3) is 86.6 Å². The molecule has 7 aromatic carbocycles. The molecule has 3 heteroatoms. The molecule has 0 amide bonds. The highest BCUT2D eigenvalue weighted by Crippen LogP contribution is 2.43. The first kappa shape index (κ1) is 26.3. The molecule has 0 radical (unpaired) electrons. The Hall–Kier alpha value is -5.90. The van der Waals surface area contributed by atoms with Crippen LogP contribution < -0.4 is 0 Å². The van der Waals surface area contributed by atoms with E-state index in [0.717, 1.165) is 5.69 Å². The first-order chi connectivity index (χ1) is 23.3.